The van der Waals surface area contributed by atoms with Gasteiger partial charge in [0.05, 0.1) is 16.4 Å². The van der Waals surface area contributed by atoms with Crippen LogP contribution in [-0.2, 0) is 20.0 Å². The van der Waals surface area contributed by atoms with Crippen molar-refractivity contribution < 1.29 is 0 Å². The lowest BCUT2D eigenvalue weighted by Crippen LogP contribution is -2.36. The first kappa shape index (κ1) is 14.8. The molecule has 1 aliphatic rings. The number of nitrogens with zero attached hydrogens (tertiary/aromatic N) is 3. The fourth-order valence-electron chi connectivity index (χ4n) is 2.83. The Bertz CT molecular complexity index is 410. The molecule has 19 heavy (non-hydrogen) atoms. The van der Waals surface area contributed by atoms with E-state index in [1.807, 2.05) is 11.7 Å². The highest BCUT2D eigenvalue weighted by Gasteiger charge is 2.18. The Labute approximate surface area is 121 Å². The maximum Gasteiger partial charge on any atom is 0.0863 e. The molecule has 1 unspecified atom stereocenters. The van der Waals surface area contributed by atoms with E-state index < -0.39 is 0 Å². The van der Waals surface area contributed by atoms with Gasteiger partial charge in [0.2, 0.25) is 0 Å². The van der Waals surface area contributed by atoms with E-state index in [4.69, 9.17) is 11.6 Å². The zero-order valence-corrected chi connectivity index (χ0v) is 13.0. The molecule has 1 fully saturated rings. The van der Waals surface area contributed by atoms with Crippen molar-refractivity contribution in [3.8, 4) is 0 Å². The van der Waals surface area contributed by atoms with Gasteiger partial charge in [-0.25, -0.2) is 0 Å². The molecule has 0 amide bonds. The molecule has 0 bridgehead atoms. The maximum atomic E-state index is 6.39. The molecular formula is C14H25ClN4. The predicted octanol–water partition coefficient (Wildman–Crippen LogP) is 2.07. The first-order valence-corrected chi connectivity index (χ1v) is 7.59. The molecule has 1 saturated heterocycles. The van der Waals surface area contributed by atoms with Crippen LogP contribution in [0.1, 0.15) is 31.2 Å². The minimum Gasteiger partial charge on any atom is -0.316 e. The number of rotatable bonds is 5. The second-order valence-corrected chi connectivity index (χ2v) is 5.97. The van der Waals surface area contributed by atoms with Crippen molar-refractivity contribution in [3.63, 3.8) is 0 Å². The van der Waals surface area contributed by atoms with E-state index in [1.165, 1.54) is 19.4 Å². The van der Waals surface area contributed by atoms with E-state index in [1.54, 1.807) is 0 Å². The fourth-order valence-corrected chi connectivity index (χ4v) is 3.19. The van der Waals surface area contributed by atoms with E-state index in [0.29, 0.717) is 0 Å². The van der Waals surface area contributed by atoms with Crippen LogP contribution in [-0.4, -0.2) is 41.4 Å². The van der Waals surface area contributed by atoms with E-state index in [2.05, 4.69) is 29.3 Å². The number of hydrogen-bond donors (Lipinski definition) is 1. The van der Waals surface area contributed by atoms with Gasteiger partial charge in [-0.3, -0.25) is 4.68 Å². The van der Waals surface area contributed by atoms with Crippen molar-refractivity contribution in [1.82, 2.24) is 20.0 Å². The van der Waals surface area contributed by atoms with Gasteiger partial charge in [-0.15, -0.1) is 0 Å². The molecule has 108 valence electrons. The molecule has 1 aliphatic heterocycles. The SMILES string of the molecule is CCc1nn(C)c(CN(C)CC2CCCNC2)c1Cl. The van der Waals surface area contributed by atoms with Gasteiger partial charge in [-0.1, -0.05) is 18.5 Å². The number of aryl methyl sites for hydroxylation is 2. The standard InChI is InChI=1S/C14H25ClN4/c1-4-12-14(15)13(19(3)17-12)10-18(2)9-11-6-5-7-16-8-11/h11,16H,4-10H2,1-3H3. The summed E-state index contributed by atoms with van der Waals surface area (Å²) >= 11 is 6.39. The second kappa shape index (κ2) is 6.73. The van der Waals surface area contributed by atoms with E-state index in [9.17, 15) is 0 Å². The molecule has 1 aromatic heterocycles. The number of piperidine rings is 1. The molecule has 0 aliphatic carbocycles. The first-order valence-electron chi connectivity index (χ1n) is 7.21. The van der Waals surface area contributed by atoms with E-state index >= 15 is 0 Å². The van der Waals surface area contributed by atoms with Crippen LogP contribution in [0.5, 0.6) is 0 Å². The molecule has 2 rings (SSSR count). The van der Waals surface area contributed by atoms with Crippen molar-refractivity contribution in [2.75, 3.05) is 26.7 Å². The highest BCUT2D eigenvalue weighted by molar-refractivity contribution is 6.31. The van der Waals surface area contributed by atoms with Crippen LogP contribution in [0, 0.1) is 5.92 Å². The van der Waals surface area contributed by atoms with Gasteiger partial charge >= 0.3 is 0 Å². The van der Waals surface area contributed by atoms with Gasteiger partial charge in [-0.2, -0.15) is 5.10 Å². The van der Waals surface area contributed by atoms with Crippen LogP contribution in [0.15, 0.2) is 0 Å². The van der Waals surface area contributed by atoms with Crippen LogP contribution < -0.4 is 5.32 Å². The van der Waals surface area contributed by atoms with Crippen LogP contribution >= 0.6 is 11.6 Å². The van der Waals surface area contributed by atoms with Crippen LogP contribution in [0.4, 0.5) is 0 Å². The highest BCUT2D eigenvalue weighted by Crippen LogP contribution is 2.22. The molecule has 0 spiro atoms. The van der Waals surface area contributed by atoms with Crippen LogP contribution in [0.2, 0.25) is 5.02 Å². The van der Waals surface area contributed by atoms with Gasteiger partial charge in [0.1, 0.15) is 0 Å². The summed E-state index contributed by atoms with van der Waals surface area (Å²) < 4.78 is 1.93. The number of hydrogen-bond acceptors (Lipinski definition) is 3. The molecule has 1 aromatic rings. The third kappa shape index (κ3) is 3.71. The molecule has 4 nitrogen and oxygen atoms in total. The fraction of sp³-hybridized carbons (Fsp3) is 0.786. The van der Waals surface area contributed by atoms with Crippen molar-refractivity contribution in [2.24, 2.45) is 13.0 Å². The summed E-state index contributed by atoms with van der Waals surface area (Å²) in [5.74, 6) is 0.761. The topological polar surface area (TPSA) is 33.1 Å². The van der Waals surface area contributed by atoms with Gasteiger partial charge in [0.25, 0.3) is 0 Å². The van der Waals surface area contributed by atoms with E-state index in [0.717, 1.165) is 48.4 Å². The first-order chi connectivity index (χ1) is 9.11. The monoisotopic (exact) mass is 284 g/mol. The molecule has 0 aromatic carbocycles. The van der Waals surface area contributed by atoms with Crippen molar-refractivity contribution >= 4 is 11.6 Å². The third-order valence-corrected chi connectivity index (χ3v) is 4.33. The summed E-state index contributed by atoms with van der Waals surface area (Å²) in [4.78, 5) is 2.36. The second-order valence-electron chi connectivity index (χ2n) is 5.59. The van der Waals surface area contributed by atoms with Crippen molar-refractivity contribution in [2.45, 2.75) is 32.7 Å². The normalized spacial score (nSPS) is 20.2. The van der Waals surface area contributed by atoms with E-state index in [-0.39, 0.29) is 0 Å². The largest absolute Gasteiger partial charge is 0.316 e. The molecular weight excluding hydrogens is 260 g/mol. The molecule has 1 N–H and O–H groups in total. The average molecular weight is 285 g/mol. The highest BCUT2D eigenvalue weighted by atomic mass is 35.5. The van der Waals surface area contributed by atoms with Gasteiger partial charge in [-0.05, 0) is 45.3 Å². The zero-order valence-electron chi connectivity index (χ0n) is 12.2. The Balaban J connectivity index is 1.94. The summed E-state index contributed by atoms with van der Waals surface area (Å²) in [7, 11) is 4.15. The molecule has 0 saturated carbocycles. The lowest BCUT2D eigenvalue weighted by atomic mass is 9.99. The zero-order chi connectivity index (χ0) is 13.8. The summed E-state index contributed by atoms with van der Waals surface area (Å²) in [6, 6.07) is 0. The Morgan fingerprint density at radius 2 is 2.32 bits per heavy atom. The smallest absolute Gasteiger partial charge is 0.0863 e. The molecule has 5 heteroatoms. The Kier molecular flexibility index (Phi) is 5.25. The Hall–Kier alpha value is -0.580. The summed E-state index contributed by atoms with van der Waals surface area (Å²) in [5, 5.41) is 8.79. The van der Waals surface area contributed by atoms with Crippen LogP contribution in [0.25, 0.3) is 0 Å². The average Bonchev–Trinajstić information content (AvgIpc) is 2.67. The summed E-state index contributed by atoms with van der Waals surface area (Å²) in [5.41, 5.74) is 2.14. The lowest BCUT2D eigenvalue weighted by Gasteiger charge is -2.27. The van der Waals surface area contributed by atoms with Crippen molar-refractivity contribution in [3.05, 3.63) is 16.4 Å². The van der Waals surface area contributed by atoms with Gasteiger partial charge in [0.15, 0.2) is 0 Å². The minimum absolute atomic E-state index is 0.761. The third-order valence-electron chi connectivity index (χ3n) is 3.89. The minimum atomic E-state index is 0.761. The van der Waals surface area contributed by atoms with Gasteiger partial charge in [0, 0.05) is 20.1 Å². The van der Waals surface area contributed by atoms with Crippen molar-refractivity contribution in [1.29, 1.82) is 0 Å². The summed E-state index contributed by atoms with van der Waals surface area (Å²) in [6.45, 7) is 6.40. The number of aromatic nitrogens is 2. The van der Waals surface area contributed by atoms with Crippen LogP contribution in [0.3, 0.4) is 0 Å². The molecule has 0 radical (unpaired) electrons. The maximum absolute atomic E-state index is 6.39. The summed E-state index contributed by atoms with van der Waals surface area (Å²) in [6.07, 6.45) is 3.52. The molecule has 1 atom stereocenters. The lowest BCUT2D eigenvalue weighted by molar-refractivity contribution is 0.233. The number of halogens is 1. The molecule has 2 heterocycles. The van der Waals surface area contributed by atoms with Gasteiger partial charge < -0.3 is 10.2 Å². The predicted molar refractivity (Wildman–Crippen MR) is 79.5 cm³/mol. The number of nitrogens with one attached hydrogen (secondary N) is 1. The Morgan fingerprint density at radius 3 is 2.89 bits per heavy atom. The quantitative estimate of drug-likeness (QED) is 0.899. The Morgan fingerprint density at radius 1 is 1.53 bits per heavy atom.